The van der Waals surface area contributed by atoms with Crippen molar-refractivity contribution in [1.29, 1.82) is 5.26 Å². The molecule has 0 atom stereocenters. The summed E-state index contributed by atoms with van der Waals surface area (Å²) in [4.78, 5) is 10.9. The maximum atomic E-state index is 13.2. The minimum atomic E-state index is -1.04. The van der Waals surface area contributed by atoms with Crippen LogP contribution >= 0.6 is 0 Å². The highest BCUT2D eigenvalue weighted by Gasteiger charge is 2.13. The van der Waals surface area contributed by atoms with Gasteiger partial charge in [-0.2, -0.15) is 10.4 Å². The van der Waals surface area contributed by atoms with Crippen LogP contribution in [0.3, 0.4) is 0 Å². The van der Waals surface area contributed by atoms with E-state index < -0.39 is 11.8 Å². The van der Waals surface area contributed by atoms with E-state index in [9.17, 15) is 9.18 Å². The Bertz CT molecular complexity index is 686. The predicted octanol–water partition coefficient (Wildman–Crippen LogP) is 1.95. The number of aromatic carboxylic acids is 1. The number of nitrogens with zero attached hydrogens (tertiary/aromatic N) is 3. The Balaban J connectivity index is 2.32. The number of benzene rings is 1. The van der Waals surface area contributed by atoms with E-state index in [2.05, 4.69) is 5.10 Å². The molecule has 0 aliphatic carbocycles. The van der Waals surface area contributed by atoms with Crippen molar-refractivity contribution >= 4 is 5.97 Å². The van der Waals surface area contributed by atoms with E-state index >= 15 is 0 Å². The number of hydrogen-bond acceptors (Lipinski definition) is 3. The lowest BCUT2D eigenvalue weighted by atomic mass is 10.1. The van der Waals surface area contributed by atoms with Crippen molar-refractivity contribution in [2.75, 3.05) is 0 Å². The monoisotopic (exact) mass is 259 g/mol. The summed E-state index contributed by atoms with van der Waals surface area (Å²) in [6.07, 6.45) is 1.27. The Morgan fingerprint density at radius 2 is 2.32 bits per heavy atom. The van der Waals surface area contributed by atoms with Gasteiger partial charge in [0.1, 0.15) is 17.4 Å². The fraction of sp³-hybridized carbons (Fsp3) is 0.154. The van der Waals surface area contributed by atoms with Gasteiger partial charge in [-0.25, -0.2) is 9.18 Å². The molecule has 19 heavy (non-hydrogen) atoms. The predicted molar refractivity (Wildman–Crippen MR) is 64.1 cm³/mol. The van der Waals surface area contributed by atoms with Crippen LogP contribution in [0, 0.1) is 24.1 Å². The highest BCUT2D eigenvalue weighted by molar-refractivity contribution is 5.88. The topological polar surface area (TPSA) is 78.9 Å². The van der Waals surface area contributed by atoms with E-state index in [0.717, 1.165) is 0 Å². The molecule has 0 fully saturated rings. The second-order valence-electron chi connectivity index (χ2n) is 4.03. The van der Waals surface area contributed by atoms with E-state index in [4.69, 9.17) is 10.4 Å². The summed E-state index contributed by atoms with van der Waals surface area (Å²) in [5.41, 5.74) is 1.28. The molecule has 1 aromatic carbocycles. The number of nitriles is 1. The summed E-state index contributed by atoms with van der Waals surface area (Å²) < 4.78 is 14.7. The quantitative estimate of drug-likeness (QED) is 0.913. The second kappa shape index (κ2) is 4.90. The first-order chi connectivity index (χ1) is 9.02. The van der Waals surface area contributed by atoms with Crippen molar-refractivity contribution in [2.24, 2.45) is 0 Å². The fourth-order valence-electron chi connectivity index (χ4n) is 1.75. The maximum Gasteiger partial charge on any atom is 0.339 e. The van der Waals surface area contributed by atoms with Crippen molar-refractivity contribution in [1.82, 2.24) is 9.78 Å². The number of hydrogen-bond donors (Lipinski definition) is 1. The molecular weight excluding hydrogens is 249 g/mol. The van der Waals surface area contributed by atoms with Gasteiger partial charge in [-0.1, -0.05) is 6.07 Å². The summed E-state index contributed by atoms with van der Waals surface area (Å²) in [7, 11) is 0. The maximum absolute atomic E-state index is 13.2. The van der Waals surface area contributed by atoms with Crippen LogP contribution in [0.1, 0.15) is 27.2 Å². The van der Waals surface area contributed by atoms with Crippen molar-refractivity contribution in [3.8, 4) is 6.07 Å². The van der Waals surface area contributed by atoms with E-state index in [1.165, 1.54) is 29.1 Å². The van der Waals surface area contributed by atoms with Gasteiger partial charge in [0.15, 0.2) is 0 Å². The van der Waals surface area contributed by atoms with Gasteiger partial charge in [0, 0.05) is 0 Å². The molecule has 0 radical (unpaired) electrons. The number of carboxylic acid groups (broad SMARTS) is 1. The Morgan fingerprint density at radius 3 is 2.89 bits per heavy atom. The molecule has 96 valence electrons. The van der Waals surface area contributed by atoms with Gasteiger partial charge in [0.05, 0.1) is 24.0 Å². The number of carboxylic acids is 1. The van der Waals surface area contributed by atoms with Gasteiger partial charge in [0.2, 0.25) is 0 Å². The zero-order valence-electron chi connectivity index (χ0n) is 10.1. The highest BCUT2D eigenvalue weighted by atomic mass is 19.1. The number of rotatable bonds is 3. The molecule has 6 heteroatoms. The number of carbonyl (C=O) groups is 1. The molecule has 0 unspecified atom stereocenters. The first-order valence-electron chi connectivity index (χ1n) is 5.47. The lowest BCUT2D eigenvalue weighted by Gasteiger charge is -2.05. The van der Waals surface area contributed by atoms with Gasteiger partial charge < -0.3 is 5.11 Å². The van der Waals surface area contributed by atoms with E-state index in [1.54, 1.807) is 13.0 Å². The summed E-state index contributed by atoms with van der Waals surface area (Å²) in [5.74, 6) is -1.62. The molecule has 0 aliphatic rings. The molecule has 2 aromatic rings. The van der Waals surface area contributed by atoms with Gasteiger partial charge in [-0.15, -0.1) is 0 Å². The van der Waals surface area contributed by atoms with Crippen molar-refractivity contribution in [3.63, 3.8) is 0 Å². The van der Waals surface area contributed by atoms with E-state index in [1.807, 2.05) is 0 Å². The molecule has 0 aliphatic heterocycles. The van der Waals surface area contributed by atoms with Crippen LogP contribution in [0.15, 0.2) is 24.4 Å². The van der Waals surface area contributed by atoms with Crippen LogP contribution in [-0.2, 0) is 6.54 Å². The Morgan fingerprint density at radius 1 is 1.58 bits per heavy atom. The minimum absolute atomic E-state index is 0.0410. The molecule has 0 spiro atoms. The zero-order valence-corrected chi connectivity index (χ0v) is 10.1. The molecule has 1 N–H and O–H groups in total. The van der Waals surface area contributed by atoms with Crippen LogP contribution in [0.2, 0.25) is 0 Å². The van der Waals surface area contributed by atoms with Crippen molar-refractivity contribution < 1.29 is 14.3 Å². The molecular formula is C13H10FN3O2. The van der Waals surface area contributed by atoms with Crippen LogP contribution in [-0.4, -0.2) is 20.9 Å². The van der Waals surface area contributed by atoms with Gasteiger partial charge in [0.25, 0.3) is 0 Å². The SMILES string of the molecule is Cc1c(C(=O)O)cnn1Cc1ccc(F)c(C#N)c1. The van der Waals surface area contributed by atoms with Crippen LogP contribution in [0.4, 0.5) is 4.39 Å². The number of halogens is 1. The molecule has 1 heterocycles. The van der Waals surface area contributed by atoms with Gasteiger partial charge >= 0.3 is 5.97 Å². The fourth-order valence-corrected chi connectivity index (χ4v) is 1.75. The molecule has 0 bridgehead atoms. The van der Waals surface area contributed by atoms with Crippen LogP contribution in [0.5, 0.6) is 0 Å². The average Bonchev–Trinajstić information content (AvgIpc) is 2.73. The van der Waals surface area contributed by atoms with Crippen molar-refractivity contribution in [3.05, 3.63) is 52.6 Å². The first kappa shape index (κ1) is 12.8. The smallest absolute Gasteiger partial charge is 0.339 e. The van der Waals surface area contributed by atoms with Crippen molar-refractivity contribution in [2.45, 2.75) is 13.5 Å². The standard InChI is InChI=1S/C13H10FN3O2/c1-8-11(13(18)19)6-16-17(8)7-9-2-3-12(14)10(4-9)5-15/h2-4,6H,7H2,1H3,(H,18,19). The van der Waals surface area contributed by atoms with Crippen LogP contribution < -0.4 is 0 Å². The van der Waals surface area contributed by atoms with Crippen LogP contribution in [0.25, 0.3) is 0 Å². The zero-order chi connectivity index (χ0) is 14.0. The molecule has 2 rings (SSSR count). The molecule has 0 amide bonds. The Labute approximate surface area is 108 Å². The van der Waals surface area contributed by atoms with Gasteiger partial charge in [-0.3, -0.25) is 4.68 Å². The molecule has 0 saturated carbocycles. The largest absolute Gasteiger partial charge is 0.478 e. The average molecular weight is 259 g/mol. The third kappa shape index (κ3) is 2.45. The minimum Gasteiger partial charge on any atom is -0.478 e. The summed E-state index contributed by atoms with van der Waals surface area (Å²) in [6, 6.07) is 5.94. The van der Waals surface area contributed by atoms with E-state index in [0.29, 0.717) is 11.3 Å². The summed E-state index contributed by atoms with van der Waals surface area (Å²) in [5, 5.41) is 21.6. The lowest BCUT2D eigenvalue weighted by Crippen LogP contribution is -2.06. The van der Waals surface area contributed by atoms with E-state index in [-0.39, 0.29) is 17.7 Å². The third-order valence-corrected chi connectivity index (χ3v) is 2.82. The first-order valence-corrected chi connectivity index (χ1v) is 5.47. The normalized spacial score (nSPS) is 10.2. The lowest BCUT2D eigenvalue weighted by molar-refractivity contribution is 0.0696. The molecule has 5 nitrogen and oxygen atoms in total. The Hall–Kier alpha value is -2.68. The third-order valence-electron chi connectivity index (χ3n) is 2.82. The summed E-state index contributed by atoms with van der Waals surface area (Å²) in [6.45, 7) is 1.93. The highest BCUT2D eigenvalue weighted by Crippen LogP contribution is 2.13. The van der Waals surface area contributed by atoms with Gasteiger partial charge in [-0.05, 0) is 24.6 Å². The molecule has 1 aromatic heterocycles. The Kier molecular flexibility index (Phi) is 3.29. The second-order valence-corrected chi connectivity index (χ2v) is 4.03. The molecule has 0 saturated heterocycles. The summed E-state index contributed by atoms with van der Waals surface area (Å²) >= 11 is 0. The number of aromatic nitrogens is 2.